The highest BCUT2D eigenvalue weighted by atomic mass is 28.3. The number of unbranched alkanes of at least 4 members (excludes halogenated alkanes) is 1. The van der Waals surface area contributed by atoms with Crippen LogP contribution in [0.2, 0.25) is 13.1 Å². The molecule has 0 aliphatic carbocycles. The van der Waals surface area contributed by atoms with Crippen molar-refractivity contribution in [1.82, 2.24) is 5.32 Å². The fourth-order valence-corrected chi connectivity index (χ4v) is 4.07. The van der Waals surface area contributed by atoms with Crippen LogP contribution >= 0.6 is 0 Å². The van der Waals surface area contributed by atoms with Crippen LogP contribution in [0.15, 0.2) is 30.3 Å². The molecule has 1 aromatic rings. The lowest BCUT2D eigenvalue weighted by Crippen LogP contribution is -2.57. The monoisotopic (exact) mass is 235 g/mol. The van der Waals surface area contributed by atoms with Gasteiger partial charge in [-0.15, -0.1) is 0 Å². The molecule has 0 spiro atoms. The quantitative estimate of drug-likeness (QED) is 0.590. The molecule has 16 heavy (non-hydrogen) atoms. The molecular formula is C14H25NSi. The molecule has 0 saturated heterocycles. The summed E-state index contributed by atoms with van der Waals surface area (Å²) in [4.78, 5) is 0. The summed E-state index contributed by atoms with van der Waals surface area (Å²) in [5, 5.41) is 5.23. The molecule has 0 saturated carbocycles. The van der Waals surface area contributed by atoms with Gasteiger partial charge in [0.15, 0.2) is 0 Å². The van der Waals surface area contributed by atoms with Gasteiger partial charge in [0.05, 0.1) is 8.07 Å². The molecule has 90 valence electrons. The highest BCUT2D eigenvalue weighted by Gasteiger charge is 2.29. The molecule has 0 radical (unpaired) electrons. The van der Waals surface area contributed by atoms with E-state index in [1.54, 1.807) is 5.19 Å². The standard InChI is InChI=1S/C14H25NSi/c1-5-6-12-15-13(2)16(3,4)14-10-8-7-9-11-14/h7-11,13,15H,5-6,12H2,1-4H3. The Balaban J connectivity index is 2.62. The zero-order valence-corrected chi connectivity index (χ0v) is 12.1. The third-order valence-corrected chi connectivity index (χ3v) is 7.77. The Hall–Kier alpha value is -0.603. The second-order valence-electron chi connectivity index (χ2n) is 5.12. The largest absolute Gasteiger partial charge is 0.316 e. The Morgan fingerprint density at radius 3 is 2.38 bits per heavy atom. The highest BCUT2D eigenvalue weighted by Crippen LogP contribution is 2.08. The van der Waals surface area contributed by atoms with Gasteiger partial charge in [-0.1, -0.05) is 68.9 Å². The van der Waals surface area contributed by atoms with Crippen molar-refractivity contribution in [2.75, 3.05) is 6.54 Å². The van der Waals surface area contributed by atoms with Crippen molar-refractivity contribution in [2.24, 2.45) is 0 Å². The zero-order chi connectivity index (χ0) is 12.0. The van der Waals surface area contributed by atoms with E-state index < -0.39 is 8.07 Å². The SMILES string of the molecule is CCCCNC(C)[Si](C)(C)c1ccccc1. The predicted molar refractivity (Wildman–Crippen MR) is 75.9 cm³/mol. The molecule has 2 heteroatoms. The predicted octanol–water partition coefficient (Wildman–Crippen LogP) is 2.92. The van der Waals surface area contributed by atoms with E-state index in [-0.39, 0.29) is 0 Å². The van der Waals surface area contributed by atoms with Crippen molar-refractivity contribution in [3.05, 3.63) is 30.3 Å². The van der Waals surface area contributed by atoms with Gasteiger partial charge in [0.1, 0.15) is 0 Å². The van der Waals surface area contributed by atoms with E-state index in [2.05, 4.69) is 62.6 Å². The Bertz CT molecular complexity index is 295. The summed E-state index contributed by atoms with van der Waals surface area (Å²) in [7, 11) is -1.34. The maximum atomic E-state index is 3.68. The molecule has 0 heterocycles. The van der Waals surface area contributed by atoms with Gasteiger partial charge >= 0.3 is 0 Å². The van der Waals surface area contributed by atoms with Crippen LogP contribution in [-0.2, 0) is 0 Å². The highest BCUT2D eigenvalue weighted by molar-refractivity contribution is 6.91. The van der Waals surface area contributed by atoms with Gasteiger partial charge in [-0.05, 0) is 13.0 Å². The summed E-state index contributed by atoms with van der Waals surface area (Å²) in [5.41, 5.74) is 0.640. The first-order valence-corrected chi connectivity index (χ1v) is 9.45. The molecule has 1 rings (SSSR count). The van der Waals surface area contributed by atoms with E-state index in [0.717, 1.165) is 6.54 Å². The van der Waals surface area contributed by atoms with Gasteiger partial charge in [0, 0.05) is 5.67 Å². The third kappa shape index (κ3) is 3.46. The first kappa shape index (κ1) is 13.5. The Kier molecular flexibility index (Phi) is 5.23. The molecule has 1 unspecified atom stereocenters. The van der Waals surface area contributed by atoms with Gasteiger partial charge < -0.3 is 5.32 Å². The smallest absolute Gasteiger partial charge is 0.0980 e. The maximum Gasteiger partial charge on any atom is 0.0980 e. The molecule has 0 aromatic heterocycles. The Morgan fingerprint density at radius 2 is 1.81 bits per heavy atom. The minimum absolute atomic E-state index is 0.640. The van der Waals surface area contributed by atoms with Crippen LogP contribution in [0.4, 0.5) is 0 Å². The Morgan fingerprint density at radius 1 is 1.19 bits per heavy atom. The third-order valence-electron chi connectivity index (χ3n) is 3.58. The van der Waals surface area contributed by atoms with Crippen molar-refractivity contribution >= 4 is 13.3 Å². The number of hydrogen-bond acceptors (Lipinski definition) is 1. The molecular weight excluding hydrogens is 210 g/mol. The molecule has 0 aliphatic heterocycles. The van der Waals surface area contributed by atoms with Crippen LogP contribution in [0.5, 0.6) is 0 Å². The van der Waals surface area contributed by atoms with Crippen molar-refractivity contribution in [2.45, 2.75) is 45.4 Å². The topological polar surface area (TPSA) is 12.0 Å². The van der Waals surface area contributed by atoms with Gasteiger partial charge in [0.2, 0.25) is 0 Å². The molecule has 1 atom stereocenters. The second-order valence-corrected chi connectivity index (χ2v) is 10.0. The average molecular weight is 235 g/mol. The van der Waals surface area contributed by atoms with Crippen LogP contribution in [0.1, 0.15) is 26.7 Å². The van der Waals surface area contributed by atoms with E-state index >= 15 is 0 Å². The summed E-state index contributed by atoms with van der Waals surface area (Å²) in [6, 6.07) is 11.0. The molecule has 1 N–H and O–H groups in total. The first-order valence-electron chi connectivity index (χ1n) is 6.38. The lowest BCUT2D eigenvalue weighted by Gasteiger charge is -2.31. The molecule has 1 aromatic carbocycles. The van der Waals surface area contributed by atoms with Gasteiger partial charge in [-0.2, -0.15) is 0 Å². The number of nitrogens with one attached hydrogen (secondary N) is 1. The summed E-state index contributed by atoms with van der Waals surface area (Å²) in [6.45, 7) is 10.6. The zero-order valence-electron chi connectivity index (χ0n) is 11.1. The van der Waals surface area contributed by atoms with Crippen molar-refractivity contribution in [3.8, 4) is 0 Å². The van der Waals surface area contributed by atoms with Crippen LogP contribution < -0.4 is 10.5 Å². The summed E-state index contributed by atoms with van der Waals surface area (Å²) in [6.07, 6.45) is 2.55. The first-order chi connectivity index (χ1) is 7.59. The fourth-order valence-electron chi connectivity index (χ4n) is 1.87. The molecule has 1 nitrogen and oxygen atoms in total. The van der Waals surface area contributed by atoms with Crippen LogP contribution in [0.25, 0.3) is 0 Å². The number of hydrogen-bond donors (Lipinski definition) is 1. The van der Waals surface area contributed by atoms with E-state index in [0.29, 0.717) is 5.67 Å². The van der Waals surface area contributed by atoms with E-state index in [1.165, 1.54) is 12.8 Å². The fraction of sp³-hybridized carbons (Fsp3) is 0.571. The Labute approximate surface area is 101 Å². The number of benzene rings is 1. The van der Waals surface area contributed by atoms with Crippen molar-refractivity contribution in [3.63, 3.8) is 0 Å². The summed E-state index contributed by atoms with van der Waals surface area (Å²) in [5.74, 6) is 0. The minimum atomic E-state index is -1.34. The van der Waals surface area contributed by atoms with Crippen LogP contribution in [-0.4, -0.2) is 20.3 Å². The molecule has 0 bridgehead atoms. The van der Waals surface area contributed by atoms with E-state index in [4.69, 9.17) is 0 Å². The summed E-state index contributed by atoms with van der Waals surface area (Å²) >= 11 is 0. The minimum Gasteiger partial charge on any atom is -0.316 e. The number of rotatable bonds is 6. The van der Waals surface area contributed by atoms with Gasteiger partial charge in [-0.25, -0.2) is 0 Å². The van der Waals surface area contributed by atoms with E-state index in [9.17, 15) is 0 Å². The van der Waals surface area contributed by atoms with Crippen LogP contribution in [0, 0.1) is 0 Å². The van der Waals surface area contributed by atoms with Crippen LogP contribution in [0.3, 0.4) is 0 Å². The van der Waals surface area contributed by atoms with Crippen molar-refractivity contribution in [1.29, 1.82) is 0 Å². The van der Waals surface area contributed by atoms with Gasteiger partial charge in [0.25, 0.3) is 0 Å². The van der Waals surface area contributed by atoms with E-state index in [1.807, 2.05) is 0 Å². The molecule has 0 amide bonds. The lowest BCUT2D eigenvalue weighted by molar-refractivity contribution is 0.621. The van der Waals surface area contributed by atoms with Gasteiger partial charge in [-0.3, -0.25) is 0 Å². The average Bonchev–Trinajstić information content (AvgIpc) is 2.30. The summed E-state index contributed by atoms with van der Waals surface area (Å²) < 4.78 is 0. The second kappa shape index (κ2) is 6.21. The lowest BCUT2D eigenvalue weighted by atomic mass is 10.3. The normalized spacial score (nSPS) is 13.8. The maximum absolute atomic E-state index is 3.68. The van der Waals surface area contributed by atoms with Crippen molar-refractivity contribution < 1.29 is 0 Å². The molecule has 0 aliphatic rings. The molecule has 0 fully saturated rings.